The Balaban J connectivity index is 3.10. The zero-order chi connectivity index (χ0) is 8.53. The van der Waals surface area contributed by atoms with Crippen LogP contribution in [0.3, 0.4) is 0 Å². The normalized spacial score (nSPS) is 14.1. The molecule has 11 heavy (non-hydrogen) atoms. The minimum Gasteiger partial charge on any atom is -0.0914 e. The fourth-order valence-electron chi connectivity index (χ4n) is 1.32. The molecule has 66 valence electrons. The highest BCUT2D eigenvalue weighted by atomic mass is 14.0. The average Bonchev–Trinajstić information content (AvgIpc) is 1.99. The maximum Gasteiger partial charge on any atom is -0.0262 e. The summed E-state index contributed by atoms with van der Waals surface area (Å²) in [4.78, 5) is 0. The van der Waals surface area contributed by atoms with E-state index in [0.29, 0.717) is 0 Å². The van der Waals surface area contributed by atoms with E-state index < -0.39 is 0 Å². The first-order valence-corrected chi connectivity index (χ1v) is 4.94. The lowest BCUT2D eigenvalue weighted by molar-refractivity contribution is 0.561. The van der Waals surface area contributed by atoms with E-state index in [-0.39, 0.29) is 0 Å². The lowest BCUT2D eigenvalue weighted by atomic mass is 10.0. The molecule has 0 aliphatic heterocycles. The third kappa shape index (κ3) is 7.64. The van der Waals surface area contributed by atoms with Crippen molar-refractivity contribution in [2.24, 2.45) is 5.92 Å². The molecule has 0 aromatic heterocycles. The summed E-state index contributed by atoms with van der Waals surface area (Å²) in [6.07, 6.45) is 11.4. The van der Waals surface area contributed by atoms with Crippen LogP contribution in [0.1, 0.15) is 52.9 Å². The van der Waals surface area contributed by atoms with Crippen LogP contribution < -0.4 is 0 Å². The van der Waals surface area contributed by atoms with Gasteiger partial charge < -0.3 is 0 Å². The first-order valence-electron chi connectivity index (χ1n) is 4.94. The lowest BCUT2D eigenvalue weighted by Crippen LogP contribution is -1.88. The molecule has 1 atom stereocenters. The molecular formula is C11H22. The molecule has 0 fully saturated rings. The van der Waals surface area contributed by atoms with Gasteiger partial charge in [0.1, 0.15) is 0 Å². The molecule has 1 unspecified atom stereocenters. The summed E-state index contributed by atoms with van der Waals surface area (Å²) in [7, 11) is 0. The van der Waals surface area contributed by atoms with Gasteiger partial charge in [0.05, 0.1) is 0 Å². The molecule has 0 N–H and O–H groups in total. The molecule has 0 spiro atoms. The average molecular weight is 154 g/mol. The highest BCUT2D eigenvalue weighted by Gasteiger charge is 1.94. The summed E-state index contributed by atoms with van der Waals surface area (Å²) < 4.78 is 0. The summed E-state index contributed by atoms with van der Waals surface area (Å²) in [6.45, 7) is 6.66. The number of unbranched alkanes of at least 4 members (excludes halogenated alkanes) is 3. The van der Waals surface area contributed by atoms with E-state index in [1.807, 2.05) is 0 Å². The maximum absolute atomic E-state index is 2.30. The van der Waals surface area contributed by atoms with Gasteiger partial charge in [-0.1, -0.05) is 51.7 Å². The monoisotopic (exact) mass is 154 g/mol. The van der Waals surface area contributed by atoms with Crippen LogP contribution in [0.2, 0.25) is 0 Å². The molecule has 0 radical (unpaired) electrons. The third-order valence-electron chi connectivity index (χ3n) is 2.03. The van der Waals surface area contributed by atoms with Crippen molar-refractivity contribution < 1.29 is 0 Å². The predicted molar refractivity (Wildman–Crippen MR) is 52.7 cm³/mol. The van der Waals surface area contributed by atoms with Gasteiger partial charge in [0.25, 0.3) is 0 Å². The van der Waals surface area contributed by atoms with E-state index in [4.69, 9.17) is 0 Å². The molecule has 0 aromatic carbocycles. The van der Waals surface area contributed by atoms with E-state index in [2.05, 4.69) is 32.9 Å². The Labute approximate surface area is 71.7 Å². The zero-order valence-electron chi connectivity index (χ0n) is 8.27. The fraction of sp³-hybridized carbons (Fsp3) is 0.818. The molecule has 0 heteroatoms. The first kappa shape index (κ1) is 10.7. The van der Waals surface area contributed by atoms with Gasteiger partial charge in [-0.3, -0.25) is 0 Å². The smallest absolute Gasteiger partial charge is 0.0262 e. The predicted octanol–water partition coefficient (Wildman–Crippen LogP) is 4.17. The third-order valence-corrected chi connectivity index (χ3v) is 2.03. The van der Waals surface area contributed by atoms with E-state index >= 15 is 0 Å². The van der Waals surface area contributed by atoms with E-state index in [0.717, 1.165) is 5.92 Å². The lowest BCUT2D eigenvalue weighted by Gasteiger charge is -2.04. The van der Waals surface area contributed by atoms with Crippen LogP contribution in [0.15, 0.2) is 12.2 Å². The topological polar surface area (TPSA) is 0 Å². The van der Waals surface area contributed by atoms with Gasteiger partial charge in [0.15, 0.2) is 0 Å². The van der Waals surface area contributed by atoms with Crippen molar-refractivity contribution in [3.05, 3.63) is 12.2 Å². The van der Waals surface area contributed by atoms with Gasteiger partial charge in [-0.25, -0.2) is 0 Å². The van der Waals surface area contributed by atoms with Crippen molar-refractivity contribution in [1.29, 1.82) is 0 Å². The highest BCUT2D eigenvalue weighted by Crippen LogP contribution is 2.10. The molecule has 0 aliphatic carbocycles. The largest absolute Gasteiger partial charge is 0.0914 e. The standard InChI is InChI=1S/C11H22/c1-4-6-7-8-10-11(3)9-5-2/h5,9,11H,4,6-8,10H2,1-3H3/b9-5-. The number of rotatable bonds is 6. The van der Waals surface area contributed by atoms with Crippen molar-refractivity contribution in [1.82, 2.24) is 0 Å². The molecule has 0 saturated heterocycles. The molecule has 0 bridgehead atoms. The maximum atomic E-state index is 2.30. The van der Waals surface area contributed by atoms with Gasteiger partial charge in [0.2, 0.25) is 0 Å². The Kier molecular flexibility index (Phi) is 7.66. The zero-order valence-corrected chi connectivity index (χ0v) is 8.27. The minimum absolute atomic E-state index is 0.789. The Morgan fingerprint density at radius 3 is 2.45 bits per heavy atom. The van der Waals surface area contributed by atoms with Gasteiger partial charge in [-0.15, -0.1) is 0 Å². The Morgan fingerprint density at radius 1 is 1.18 bits per heavy atom. The van der Waals surface area contributed by atoms with Crippen molar-refractivity contribution in [3.63, 3.8) is 0 Å². The molecular weight excluding hydrogens is 132 g/mol. The van der Waals surface area contributed by atoms with Gasteiger partial charge in [0, 0.05) is 0 Å². The van der Waals surface area contributed by atoms with E-state index in [9.17, 15) is 0 Å². The molecule has 0 heterocycles. The van der Waals surface area contributed by atoms with Crippen molar-refractivity contribution >= 4 is 0 Å². The SMILES string of the molecule is C/C=C\C(C)CCCCCC. The number of hydrogen-bond acceptors (Lipinski definition) is 0. The molecule has 0 aromatic rings. The number of allylic oxidation sites excluding steroid dienone is 2. The summed E-state index contributed by atoms with van der Waals surface area (Å²) in [6, 6.07) is 0. The molecule has 0 saturated carbocycles. The van der Waals surface area contributed by atoms with Crippen LogP contribution in [0, 0.1) is 5.92 Å². The Hall–Kier alpha value is -0.260. The first-order chi connectivity index (χ1) is 5.31. The summed E-state index contributed by atoms with van der Waals surface area (Å²) in [5, 5.41) is 0. The van der Waals surface area contributed by atoms with Crippen LogP contribution >= 0.6 is 0 Å². The fourth-order valence-corrected chi connectivity index (χ4v) is 1.32. The summed E-state index contributed by atoms with van der Waals surface area (Å²) in [5.74, 6) is 0.789. The molecule has 0 nitrogen and oxygen atoms in total. The summed E-state index contributed by atoms with van der Waals surface area (Å²) >= 11 is 0. The van der Waals surface area contributed by atoms with Crippen molar-refractivity contribution in [3.8, 4) is 0 Å². The van der Waals surface area contributed by atoms with Crippen molar-refractivity contribution in [2.75, 3.05) is 0 Å². The Bertz CT molecular complexity index is 92.2. The van der Waals surface area contributed by atoms with Crippen LogP contribution in [-0.2, 0) is 0 Å². The Morgan fingerprint density at radius 2 is 1.91 bits per heavy atom. The van der Waals surface area contributed by atoms with Gasteiger partial charge >= 0.3 is 0 Å². The highest BCUT2D eigenvalue weighted by molar-refractivity contribution is 4.82. The van der Waals surface area contributed by atoms with Crippen LogP contribution in [0.4, 0.5) is 0 Å². The van der Waals surface area contributed by atoms with Crippen LogP contribution in [0.25, 0.3) is 0 Å². The molecule has 0 aliphatic rings. The second kappa shape index (κ2) is 7.84. The van der Waals surface area contributed by atoms with Gasteiger partial charge in [-0.05, 0) is 19.3 Å². The van der Waals surface area contributed by atoms with E-state index in [1.165, 1.54) is 32.1 Å². The summed E-state index contributed by atoms with van der Waals surface area (Å²) in [5.41, 5.74) is 0. The quantitative estimate of drug-likeness (QED) is 0.398. The van der Waals surface area contributed by atoms with Crippen LogP contribution in [-0.4, -0.2) is 0 Å². The minimum atomic E-state index is 0.789. The van der Waals surface area contributed by atoms with Gasteiger partial charge in [-0.2, -0.15) is 0 Å². The van der Waals surface area contributed by atoms with Crippen molar-refractivity contribution in [2.45, 2.75) is 52.9 Å². The molecule has 0 amide bonds. The molecule has 0 rings (SSSR count). The van der Waals surface area contributed by atoms with E-state index in [1.54, 1.807) is 0 Å². The second-order valence-electron chi connectivity index (χ2n) is 3.35. The van der Waals surface area contributed by atoms with Crippen LogP contribution in [0.5, 0.6) is 0 Å². The number of hydrogen-bond donors (Lipinski definition) is 0. The second-order valence-corrected chi connectivity index (χ2v) is 3.35.